The Bertz CT molecular complexity index is 1220. The Morgan fingerprint density at radius 1 is 0.969 bits per heavy atom. The second-order valence-electron chi connectivity index (χ2n) is 6.86. The van der Waals surface area contributed by atoms with Crippen molar-refractivity contribution in [1.29, 1.82) is 0 Å². The van der Waals surface area contributed by atoms with Gasteiger partial charge in [0.05, 0.1) is 17.6 Å². The molecule has 3 aromatic carbocycles. The van der Waals surface area contributed by atoms with Crippen LogP contribution in [0.3, 0.4) is 0 Å². The zero-order valence-corrected chi connectivity index (χ0v) is 16.9. The molecular weight excluding hydrogens is 419 g/mol. The highest BCUT2D eigenvalue weighted by molar-refractivity contribution is 5.81. The van der Waals surface area contributed by atoms with E-state index < -0.39 is 6.36 Å². The largest absolute Gasteiger partial charge is 0.573 e. The van der Waals surface area contributed by atoms with Crippen LogP contribution in [0.15, 0.2) is 84.2 Å². The van der Waals surface area contributed by atoms with Gasteiger partial charge in [0, 0.05) is 5.56 Å². The lowest BCUT2D eigenvalue weighted by molar-refractivity contribution is -0.274. The second kappa shape index (κ2) is 8.93. The van der Waals surface area contributed by atoms with Crippen molar-refractivity contribution in [1.82, 2.24) is 14.8 Å². The molecule has 0 aliphatic heterocycles. The fourth-order valence-corrected chi connectivity index (χ4v) is 2.91. The molecule has 0 atom stereocenters. The zero-order valence-electron chi connectivity index (χ0n) is 16.9. The Balaban J connectivity index is 1.42. The maximum absolute atomic E-state index is 12.3. The fraction of sp³-hybridized carbons (Fsp3) is 0.0870. The Kier molecular flexibility index (Phi) is 5.89. The fourth-order valence-electron chi connectivity index (χ4n) is 2.91. The van der Waals surface area contributed by atoms with Crippen molar-refractivity contribution in [3.63, 3.8) is 0 Å². The average molecular weight is 437 g/mol. The summed E-state index contributed by atoms with van der Waals surface area (Å²) in [4.78, 5) is 4.28. The predicted molar refractivity (Wildman–Crippen MR) is 116 cm³/mol. The molecule has 0 aliphatic carbocycles. The molecule has 32 heavy (non-hydrogen) atoms. The Labute approximate surface area is 182 Å². The van der Waals surface area contributed by atoms with Crippen molar-refractivity contribution in [2.45, 2.75) is 13.3 Å². The van der Waals surface area contributed by atoms with Crippen molar-refractivity contribution in [3.8, 4) is 22.8 Å². The average Bonchev–Trinajstić information content (AvgIpc) is 3.25. The van der Waals surface area contributed by atoms with Gasteiger partial charge in [0.25, 0.3) is 0 Å². The summed E-state index contributed by atoms with van der Waals surface area (Å²) in [6.07, 6.45) is -1.52. The van der Waals surface area contributed by atoms with Crippen molar-refractivity contribution in [2.24, 2.45) is 5.10 Å². The predicted octanol–water partition coefficient (Wildman–Crippen LogP) is 5.59. The molecule has 0 saturated carbocycles. The van der Waals surface area contributed by atoms with Gasteiger partial charge in [0.1, 0.15) is 12.1 Å². The standard InChI is InChI=1S/C23H18F3N5O/c1-16-4-2-3-5-21(16)29-28-14-17-6-8-18(9-7-17)22-27-15-31(30-22)19-10-12-20(13-11-19)32-23(24,25)26/h2-15,29H,1H3/b28-14-. The minimum atomic E-state index is -4.73. The Hall–Kier alpha value is -4.14. The summed E-state index contributed by atoms with van der Waals surface area (Å²) in [6, 6.07) is 20.8. The molecule has 1 aromatic heterocycles. The van der Waals surface area contributed by atoms with Crippen LogP contribution in [-0.4, -0.2) is 27.3 Å². The lowest BCUT2D eigenvalue weighted by atomic mass is 10.1. The zero-order chi connectivity index (χ0) is 22.6. The summed E-state index contributed by atoms with van der Waals surface area (Å²) in [5, 5.41) is 8.65. The molecule has 1 heterocycles. The maximum Gasteiger partial charge on any atom is 0.573 e. The monoisotopic (exact) mass is 437 g/mol. The van der Waals surface area contributed by atoms with Crippen LogP contribution in [0, 0.1) is 6.92 Å². The number of rotatable bonds is 6. The van der Waals surface area contributed by atoms with Crippen molar-refractivity contribution in [2.75, 3.05) is 5.43 Å². The van der Waals surface area contributed by atoms with Gasteiger partial charge in [-0.2, -0.15) is 5.10 Å². The summed E-state index contributed by atoms with van der Waals surface area (Å²) >= 11 is 0. The molecule has 4 rings (SSSR count). The lowest BCUT2D eigenvalue weighted by Crippen LogP contribution is -2.17. The van der Waals surface area contributed by atoms with E-state index in [1.807, 2.05) is 55.5 Å². The molecule has 4 aromatic rings. The van der Waals surface area contributed by atoms with E-state index in [2.05, 4.69) is 25.3 Å². The number of halogens is 3. The van der Waals surface area contributed by atoms with Crippen LogP contribution in [0.2, 0.25) is 0 Å². The number of anilines is 1. The van der Waals surface area contributed by atoms with Gasteiger partial charge in [-0.15, -0.1) is 18.3 Å². The highest BCUT2D eigenvalue weighted by Gasteiger charge is 2.31. The topological polar surface area (TPSA) is 64.3 Å². The van der Waals surface area contributed by atoms with E-state index >= 15 is 0 Å². The van der Waals surface area contributed by atoms with E-state index in [4.69, 9.17) is 0 Å². The SMILES string of the molecule is Cc1ccccc1N/N=C\c1ccc(-c2ncn(-c3ccc(OC(F)(F)F)cc3)n2)cc1. The molecule has 0 amide bonds. The third-order valence-electron chi connectivity index (χ3n) is 4.54. The quantitative estimate of drug-likeness (QED) is 0.316. The molecule has 0 aliphatic rings. The first-order valence-corrected chi connectivity index (χ1v) is 9.60. The van der Waals surface area contributed by atoms with E-state index in [0.717, 1.165) is 22.4 Å². The minimum Gasteiger partial charge on any atom is -0.406 e. The Morgan fingerprint density at radius 3 is 2.38 bits per heavy atom. The van der Waals surface area contributed by atoms with E-state index in [9.17, 15) is 13.2 Å². The number of aromatic nitrogens is 3. The Morgan fingerprint density at radius 2 is 1.69 bits per heavy atom. The van der Waals surface area contributed by atoms with Crippen LogP contribution in [0.5, 0.6) is 5.75 Å². The molecule has 162 valence electrons. The number of aryl methyl sites for hydroxylation is 1. The lowest BCUT2D eigenvalue weighted by Gasteiger charge is -2.09. The summed E-state index contributed by atoms with van der Waals surface area (Å²) in [5.74, 6) is 0.192. The molecular formula is C23H18F3N5O. The summed E-state index contributed by atoms with van der Waals surface area (Å²) in [5.41, 5.74) is 7.31. The third-order valence-corrected chi connectivity index (χ3v) is 4.54. The smallest absolute Gasteiger partial charge is 0.406 e. The molecule has 0 radical (unpaired) electrons. The van der Waals surface area contributed by atoms with Crippen LogP contribution < -0.4 is 10.2 Å². The van der Waals surface area contributed by atoms with Crippen molar-refractivity contribution in [3.05, 3.63) is 90.3 Å². The van der Waals surface area contributed by atoms with Gasteiger partial charge >= 0.3 is 6.36 Å². The van der Waals surface area contributed by atoms with E-state index in [1.165, 1.54) is 35.3 Å². The van der Waals surface area contributed by atoms with Gasteiger partial charge in [0.2, 0.25) is 0 Å². The van der Waals surface area contributed by atoms with E-state index in [1.54, 1.807) is 6.21 Å². The van der Waals surface area contributed by atoms with Crippen molar-refractivity contribution >= 4 is 11.9 Å². The summed E-state index contributed by atoms with van der Waals surface area (Å²) in [7, 11) is 0. The molecule has 0 unspecified atom stereocenters. The number of benzene rings is 3. The third kappa shape index (κ3) is 5.31. The molecule has 0 saturated heterocycles. The van der Waals surface area contributed by atoms with Crippen LogP contribution in [0.1, 0.15) is 11.1 Å². The van der Waals surface area contributed by atoms with Crippen LogP contribution in [-0.2, 0) is 0 Å². The number of alkyl halides is 3. The number of hydrogen-bond donors (Lipinski definition) is 1. The van der Waals surface area contributed by atoms with Crippen LogP contribution in [0.25, 0.3) is 17.1 Å². The van der Waals surface area contributed by atoms with Crippen LogP contribution in [0.4, 0.5) is 18.9 Å². The number of nitrogens with zero attached hydrogens (tertiary/aromatic N) is 4. The number of ether oxygens (including phenoxy) is 1. The number of nitrogens with one attached hydrogen (secondary N) is 1. The summed E-state index contributed by atoms with van der Waals surface area (Å²) in [6.45, 7) is 2.00. The maximum atomic E-state index is 12.3. The van der Waals surface area contributed by atoms with Gasteiger partial charge in [-0.3, -0.25) is 5.43 Å². The molecule has 0 spiro atoms. The van der Waals surface area contributed by atoms with E-state index in [0.29, 0.717) is 11.5 Å². The minimum absolute atomic E-state index is 0.296. The molecule has 9 heteroatoms. The number of hydrazone groups is 1. The van der Waals surface area contributed by atoms with E-state index in [-0.39, 0.29) is 5.75 Å². The first-order valence-electron chi connectivity index (χ1n) is 9.60. The first-order chi connectivity index (χ1) is 15.4. The van der Waals surface area contributed by atoms with Gasteiger partial charge in [-0.25, -0.2) is 9.67 Å². The molecule has 6 nitrogen and oxygen atoms in total. The number of para-hydroxylation sites is 1. The molecule has 0 fully saturated rings. The summed E-state index contributed by atoms with van der Waals surface area (Å²) < 4.78 is 42.2. The van der Waals surface area contributed by atoms with Gasteiger partial charge < -0.3 is 4.74 Å². The van der Waals surface area contributed by atoms with Crippen LogP contribution >= 0.6 is 0 Å². The first kappa shape index (κ1) is 21.1. The van der Waals surface area contributed by atoms with Crippen molar-refractivity contribution < 1.29 is 17.9 Å². The molecule has 1 N–H and O–H groups in total. The highest BCUT2D eigenvalue weighted by Crippen LogP contribution is 2.24. The van der Waals surface area contributed by atoms with Gasteiger partial charge in [-0.05, 0) is 48.4 Å². The highest BCUT2D eigenvalue weighted by atomic mass is 19.4. The molecule has 0 bridgehead atoms. The number of hydrogen-bond acceptors (Lipinski definition) is 5. The second-order valence-corrected chi connectivity index (χ2v) is 6.86. The normalized spacial score (nSPS) is 11.6. The van der Waals surface area contributed by atoms with Gasteiger partial charge in [0.15, 0.2) is 5.82 Å². The van der Waals surface area contributed by atoms with Gasteiger partial charge in [-0.1, -0.05) is 42.5 Å².